The molecule has 81 heavy (non-hydrogen) atoms. The fourth-order valence-corrected chi connectivity index (χ4v) is 10.4. The lowest BCUT2D eigenvalue weighted by Crippen LogP contribution is -2.24. The summed E-state index contributed by atoms with van der Waals surface area (Å²) in [5.41, 5.74) is -6.17. The molecule has 8 aromatic rings. The van der Waals surface area contributed by atoms with Crippen molar-refractivity contribution in [3.63, 3.8) is 0 Å². The van der Waals surface area contributed by atoms with Gasteiger partial charge in [0.05, 0.1) is 22.4 Å². The van der Waals surface area contributed by atoms with Crippen LogP contribution in [0.2, 0.25) is 0 Å². The van der Waals surface area contributed by atoms with Gasteiger partial charge in [0.15, 0.2) is 49.5 Å². The van der Waals surface area contributed by atoms with Gasteiger partial charge in [-0.15, -0.1) is 0 Å². The Morgan fingerprint density at radius 3 is 1.05 bits per heavy atom. The summed E-state index contributed by atoms with van der Waals surface area (Å²) < 4.78 is 302. The number of ether oxygens (including phenoxy) is 3. The standard InChI is InChI=1S/C31H2F20O5.C24H25S/c32-6-5(7(33)9(35)10(36)8(6)34)4-2(31(52)53)1-3(54-28-20(46)14(40)11(37)15(41)21(28)47)26(55-29-22(48)16(42)12(38)17(43)23(29)49)27(4)56-30-24(50)18(44)13(39)19(45)25(30)51;1-4-10-20(11-5-1)21-16-18-24(19-17-21)25(22-12-6-2-7-13-22)23-14-8-3-9-15-23/h1H,(H,52,53);2-3,6-9,12-20H,1,4-5,10-11H2/q;+1/p-1. The number of carboxylic acids is 1. The van der Waals surface area contributed by atoms with Crippen LogP contribution >= 0.6 is 0 Å². The molecule has 8 aromatic carbocycles. The smallest absolute Gasteiger partial charge is 0.213 e. The number of carboxylic acid groups (broad SMARTS) is 1. The van der Waals surface area contributed by atoms with Gasteiger partial charge in [-0.05, 0) is 66.8 Å². The summed E-state index contributed by atoms with van der Waals surface area (Å²) in [6.45, 7) is 0. The second kappa shape index (κ2) is 23.7. The van der Waals surface area contributed by atoms with Crippen LogP contribution in [0.1, 0.15) is 53.9 Å². The SMILES string of the molecule is O=C([O-])c1cc(Oc2c(F)c(F)c(F)c(F)c2F)c(Oc2c(F)c(F)c(F)c(F)c2F)c(Oc2c(F)c(F)c(F)c(F)c2F)c1-c1c(F)c(F)c(F)c(F)c1F.c1ccc([S+](c2ccccc2)c2ccc(C3CCCCC3)cc2)cc1. The van der Waals surface area contributed by atoms with Crippen molar-refractivity contribution in [1.29, 1.82) is 0 Å². The van der Waals surface area contributed by atoms with E-state index in [-0.39, 0.29) is 10.9 Å². The summed E-state index contributed by atoms with van der Waals surface area (Å²) in [4.78, 5) is 16.5. The maximum atomic E-state index is 15.2. The molecule has 0 saturated heterocycles. The number of halogens is 20. The topological polar surface area (TPSA) is 67.8 Å². The van der Waals surface area contributed by atoms with Crippen molar-refractivity contribution < 1.29 is 112 Å². The maximum absolute atomic E-state index is 15.2. The molecule has 0 N–H and O–H groups in total. The minimum atomic E-state index is -3.17. The zero-order valence-corrected chi connectivity index (χ0v) is 40.6. The van der Waals surface area contributed by atoms with Gasteiger partial charge in [0.1, 0.15) is 0 Å². The number of benzene rings is 8. The van der Waals surface area contributed by atoms with Gasteiger partial charge < -0.3 is 24.1 Å². The summed E-state index contributed by atoms with van der Waals surface area (Å²) in [6.07, 6.45) is 6.93. The van der Waals surface area contributed by atoms with Gasteiger partial charge >= 0.3 is 0 Å². The molecular weight excluding hydrogens is 1150 g/mol. The lowest BCUT2D eigenvalue weighted by atomic mass is 9.84. The maximum Gasteiger partial charge on any atom is 0.213 e. The van der Waals surface area contributed by atoms with E-state index in [4.69, 9.17) is 0 Å². The fourth-order valence-electron chi connectivity index (χ4n) is 8.29. The van der Waals surface area contributed by atoms with Crippen LogP contribution in [0.4, 0.5) is 87.8 Å². The van der Waals surface area contributed by atoms with E-state index in [1.807, 2.05) is 0 Å². The summed E-state index contributed by atoms with van der Waals surface area (Å²) in [7, 11) is -0.0278. The van der Waals surface area contributed by atoms with E-state index >= 15 is 8.78 Å². The van der Waals surface area contributed by atoms with Crippen molar-refractivity contribution in [3.05, 3.63) is 218 Å². The second-order valence-electron chi connectivity index (χ2n) is 17.0. The molecule has 0 atom stereocenters. The second-order valence-corrected chi connectivity index (χ2v) is 19.1. The Hall–Kier alpha value is -8.42. The number of aromatic carboxylic acids is 1. The Balaban J connectivity index is 0.000000284. The Kier molecular flexibility index (Phi) is 17.2. The molecule has 0 unspecified atom stereocenters. The van der Waals surface area contributed by atoms with Gasteiger partial charge in [0.2, 0.25) is 116 Å². The van der Waals surface area contributed by atoms with Crippen molar-refractivity contribution in [2.24, 2.45) is 0 Å². The molecule has 1 aliphatic rings. The van der Waals surface area contributed by atoms with Gasteiger partial charge in [-0.1, -0.05) is 67.8 Å². The average Bonchev–Trinajstić information content (AvgIpc) is 3.65. The molecule has 1 saturated carbocycles. The van der Waals surface area contributed by atoms with E-state index < -0.39 is 180 Å². The van der Waals surface area contributed by atoms with Crippen LogP contribution < -0.4 is 19.3 Å². The van der Waals surface area contributed by atoms with Crippen LogP contribution in [-0.4, -0.2) is 5.97 Å². The van der Waals surface area contributed by atoms with Gasteiger partial charge in [0.25, 0.3) is 0 Å². The van der Waals surface area contributed by atoms with E-state index in [9.17, 15) is 88.9 Å². The van der Waals surface area contributed by atoms with Crippen LogP contribution in [-0.2, 0) is 10.9 Å². The summed E-state index contributed by atoms with van der Waals surface area (Å²) in [5, 5.41) is 12.3. The van der Waals surface area contributed by atoms with Crippen LogP contribution in [0.3, 0.4) is 0 Å². The predicted octanol–water partition coefficient (Wildman–Crippen LogP) is 16.7. The lowest BCUT2D eigenvalue weighted by molar-refractivity contribution is -0.255. The highest BCUT2D eigenvalue weighted by Gasteiger charge is 2.39. The first kappa shape index (κ1) is 58.7. The molecule has 1 fully saturated rings. The Morgan fingerprint density at radius 2 is 0.679 bits per heavy atom. The lowest BCUT2D eigenvalue weighted by Gasteiger charge is -2.24. The molecule has 0 spiro atoms. The van der Waals surface area contributed by atoms with E-state index in [1.165, 1.54) is 52.4 Å². The first-order valence-corrected chi connectivity index (χ1v) is 24.1. The predicted molar refractivity (Wildman–Crippen MR) is 242 cm³/mol. The molecule has 5 nitrogen and oxygen atoms in total. The molecular formula is C55H26F20O5S. The van der Waals surface area contributed by atoms with Crippen LogP contribution in [0.25, 0.3) is 11.1 Å². The normalized spacial score (nSPS) is 12.6. The van der Waals surface area contributed by atoms with Crippen molar-refractivity contribution >= 4 is 16.9 Å². The molecule has 0 bridgehead atoms. The summed E-state index contributed by atoms with van der Waals surface area (Å²) in [5.74, 6) is -80.5. The quantitative estimate of drug-likeness (QED) is 0.0528. The highest BCUT2D eigenvalue weighted by atomic mass is 32.2. The monoisotopic (exact) mass is 1180 g/mol. The van der Waals surface area contributed by atoms with Crippen LogP contribution in [0.5, 0.6) is 34.5 Å². The Bertz CT molecular complexity index is 3620. The molecule has 0 radical (unpaired) electrons. The number of rotatable bonds is 12. The zero-order valence-electron chi connectivity index (χ0n) is 39.8. The van der Waals surface area contributed by atoms with Crippen LogP contribution in [0, 0.1) is 116 Å². The third kappa shape index (κ3) is 11.0. The van der Waals surface area contributed by atoms with E-state index in [0.717, 1.165) is 5.92 Å². The van der Waals surface area contributed by atoms with Gasteiger partial charge in [-0.3, -0.25) is 0 Å². The molecule has 1 aliphatic carbocycles. The zero-order chi connectivity index (χ0) is 59.0. The fraction of sp³-hybridized carbons (Fsp3) is 0.109. The highest BCUT2D eigenvalue weighted by molar-refractivity contribution is 7.97. The molecule has 26 heteroatoms. The van der Waals surface area contributed by atoms with Crippen molar-refractivity contribution in [2.45, 2.75) is 52.7 Å². The van der Waals surface area contributed by atoms with E-state index in [0.29, 0.717) is 0 Å². The Morgan fingerprint density at radius 1 is 0.358 bits per heavy atom. The minimum Gasteiger partial charge on any atom is -0.545 e. The molecule has 422 valence electrons. The van der Waals surface area contributed by atoms with Gasteiger partial charge in [-0.25, -0.2) is 61.5 Å². The summed E-state index contributed by atoms with van der Waals surface area (Å²) in [6, 6.07) is 30.7. The third-order valence-electron chi connectivity index (χ3n) is 12.2. The van der Waals surface area contributed by atoms with Crippen molar-refractivity contribution in [3.8, 4) is 45.6 Å². The largest absolute Gasteiger partial charge is 0.545 e. The van der Waals surface area contributed by atoms with Gasteiger partial charge in [0, 0.05) is 11.1 Å². The first-order valence-electron chi connectivity index (χ1n) is 22.9. The average molecular weight is 1180 g/mol. The number of carbonyl (C=O) groups excluding carboxylic acids is 1. The number of hydrogen-bond acceptors (Lipinski definition) is 5. The molecule has 0 amide bonds. The molecule has 9 rings (SSSR count). The number of carbonyl (C=O) groups is 1. The minimum absolute atomic E-state index is 0.0278. The third-order valence-corrected chi connectivity index (χ3v) is 14.4. The Labute approximate surface area is 444 Å². The van der Waals surface area contributed by atoms with E-state index in [1.54, 1.807) is 0 Å². The number of hydrogen-bond donors (Lipinski definition) is 0. The molecule has 0 aliphatic heterocycles. The summed E-state index contributed by atoms with van der Waals surface area (Å²) >= 11 is 0. The van der Waals surface area contributed by atoms with Gasteiger partial charge in [-0.2, -0.15) is 26.3 Å². The van der Waals surface area contributed by atoms with Crippen molar-refractivity contribution in [2.75, 3.05) is 0 Å². The van der Waals surface area contributed by atoms with Crippen molar-refractivity contribution in [1.82, 2.24) is 0 Å². The van der Waals surface area contributed by atoms with E-state index in [2.05, 4.69) is 99.1 Å². The first-order chi connectivity index (χ1) is 38.4. The highest BCUT2D eigenvalue weighted by Crippen LogP contribution is 2.55. The van der Waals surface area contributed by atoms with Crippen LogP contribution in [0.15, 0.2) is 106 Å². The molecule has 0 aromatic heterocycles. The molecule has 0 heterocycles.